The summed E-state index contributed by atoms with van der Waals surface area (Å²) in [6, 6.07) is 11.2. The number of hydrogen-bond acceptors (Lipinski definition) is 6. The number of halogens is 4. The van der Waals surface area contributed by atoms with Crippen molar-refractivity contribution in [3.63, 3.8) is 0 Å². The number of aliphatic imine (C=N–C) groups is 1. The van der Waals surface area contributed by atoms with Gasteiger partial charge in [0.05, 0.1) is 12.2 Å². The zero-order chi connectivity index (χ0) is 25.2. The summed E-state index contributed by atoms with van der Waals surface area (Å²) in [5, 5.41) is 3.22. The fourth-order valence-corrected chi connectivity index (χ4v) is 4.31. The van der Waals surface area contributed by atoms with E-state index in [1.165, 1.54) is 6.07 Å². The Bertz CT molecular complexity index is 1120. The molecule has 2 heterocycles. The average molecular weight is 509 g/mol. The van der Waals surface area contributed by atoms with Crippen molar-refractivity contribution in [2.75, 3.05) is 37.7 Å². The fraction of sp³-hybridized carbons (Fsp3) is 0.375. The minimum atomic E-state index is -4.41. The molecule has 1 amide bonds. The lowest BCUT2D eigenvalue weighted by Gasteiger charge is -2.39. The van der Waals surface area contributed by atoms with Crippen molar-refractivity contribution in [1.29, 1.82) is 0 Å². The normalized spacial score (nSPS) is 20.8. The van der Waals surface area contributed by atoms with E-state index in [0.29, 0.717) is 48.4 Å². The Morgan fingerprint density at radius 2 is 1.77 bits per heavy atom. The first-order chi connectivity index (χ1) is 16.7. The molecular formula is C24H24ClF3N4O3. The van der Waals surface area contributed by atoms with Crippen LogP contribution in [0.25, 0.3) is 0 Å². The van der Waals surface area contributed by atoms with E-state index < -0.39 is 35.6 Å². The van der Waals surface area contributed by atoms with Gasteiger partial charge in [-0.25, -0.2) is 4.99 Å². The van der Waals surface area contributed by atoms with Gasteiger partial charge in [-0.2, -0.15) is 13.2 Å². The van der Waals surface area contributed by atoms with Gasteiger partial charge in [-0.3, -0.25) is 14.9 Å². The standard InChI is InChI=1S/C24H24ClF3N4O3/c1-2-35-22(34)19-20(15-6-8-17(25)9-7-15)29-23(30-21(19)33)32-12-10-31(11-13-32)18-5-3-4-16(14-18)24(26,27)28/h3-9,14,19-20H,2,10-13H2,1H3,(H,29,30,33). The van der Waals surface area contributed by atoms with Gasteiger partial charge in [-0.15, -0.1) is 0 Å². The number of guanidine groups is 1. The van der Waals surface area contributed by atoms with Gasteiger partial charge >= 0.3 is 12.1 Å². The van der Waals surface area contributed by atoms with Crippen LogP contribution in [0.4, 0.5) is 18.9 Å². The van der Waals surface area contributed by atoms with E-state index in [1.54, 1.807) is 37.3 Å². The van der Waals surface area contributed by atoms with Gasteiger partial charge in [0.15, 0.2) is 5.92 Å². The van der Waals surface area contributed by atoms with Crippen LogP contribution in [0, 0.1) is 5.92 Å². The molecule has 0 bridgehead atoms. The Labute approximate surface area is 205 Å². The van der Waals surface area contributed by atoms with Gasteiger partial charge in [-0.1, -0.05) is 29.8 Å². The second-order valence-corrected chi connectivity index (χ2v) is 8.63. The van der Waals surface area contributed by atoms with E-state index in [-0.39, 0.29) is 6.61 Å². The number of nitrogens with zero attached hydrogens (tertiary/aromatic N) is 3. The fourth-order valence-electron chi connectivity index (χ4n) is 4.18. The molecule has 186 valence electrons. The van der Waals surface area contributed by atoms with Crippen molar-refractivity contribution in [3.8, 4) is 0 Å². The number of nitrogens with one attached hydrogen (secondary N) is 1. The molecule has 2 aromatic carbocycles. The predicted octanol–water partition coefficient (Wildman–Crippen LogP) is 3.89. The van der Waals surface area contributed by atoms with Crippen LogP contribution in [-0.2, 0) is 20.5 Å². The first-order valence-electron chi connectivity index (χ1n) is 11.2. The highest BCUT2D eigenvalue weighted by atomic mass is 35.5. The summed E-state index contributed by atoms with van der Waals surface area (Å²) in [7, 11) is 0. The van der Waals surface area contributed by atoms with Crippen molar-refractivity contribution in [2.45, 2.75) is 19.1 Å². The summed E-state index contributed by atoms with van der Waals surface area (Å²) < 4.78 is 44.4. The number of carbonyl (C=O) groups excluding carboxylic acids is 2. The van der Waals surface area contributed by atoms with Gasteiger partial charge < -0.3 is 14.5 Å². The maximum atomic E-state index is 13.1. The minimum Gasteiger partial charge on any atom is -0.465 e. The van der Waals surface area contributed by atoms with E-state index >= 15 is 0 Å². The maximum Gasteiger partial charge on any atom is 0.416 e. The summed E-state index contributed by atoms with van der Waals surface area (Å²) in [5.74, 6) is -2.01. The van der Waals surface area contributed by atoms with Crippen molar-refractivity contribution in [2.24, 2.45) is 10.9 Å². The van der Waals surface area contributed by atoms with E-state index in [1.807, 2.05) is 9.80 Å². The number of carbonyl (C=O) groups is 2. The Balaban J connectivity index is 1.54. The van der Waals surface area contributed by atoms with Crippen molar-refractivity contribution in [3.05, 3.63) is 64.7 Å². The molecule has 2 aliphatic heterocycles. The second kappa shape index (κ2) is 10.2. The Kier molecular flexibility index (Phi) is 7.20. The largest absolute Gasteiger partial charge is 0.465 e. The zero-order valence-corrected chi connectivity index (χ0v) is 19.6. The highest BCUT2D eigenvalue weighted by Gasteiger charge is 2.42. The molecule has 0 spiro atoms. The molecule has 2 aromatic rings. The number of esters is 1. The molecule has 0 saturated carbocycles. The molecule has 1 N–H and O–H groups in total. The van der Waals surface area contributed by atoms with Gasteiger partial charge in [0.25, 0.3) is 0 Å². The van der Waals surface area contributed by atoms with E-state index in [4.69, 9.17) is 16.3 Å². The number of alkyl halides is 3. The molecule has 11 heteroatoms. The van der Waals surface area contributed by atoms with Crippen LogP contribution in [0.1, 0.15) is 24.1 Å². The van der Waals surface area contributed by atoms with Crippen LogP contribution in [0.3, 0.4) is 0 Å². The molecule has 35 heavy (non-hydrogen) atoms. The van der Waals surface area contributed by atoms with Crippen molar-refractivity contribution < 1.29 is 27.5 Å². The smallest absolute Gasteiger partial charge is 0.416 e. The van der Waals surface area contributed by atoms with Gasteiger partial charge in [0, 0.05) is 36.9 Å². The topological polar surface area (TPSA) is 74.2 Å². The van der Waals surface area contributed by atoms with Crippen LogP contribution in [-0.4, -0.2) is 55.5 Å². The number of ether oxygens (including phenoxy) is 1. The summed E-state index contributed by atoms with van der Waals surface area (Å²) in [6.45, 7) is 3.50. The second-order valence-electron chi connectivity index (χ2n) is 8.19. The number of amides is 1. The summed E-state index contributed by atoms with van der Waals surface area (Å²) in [5.41, 5.74) is 0.426. The Morgan fingerprint density at radius 3 is 2.40 bits per heavy atom. The molecule has 2 atom stereocenters. The molecular weight excluding hydrogens is 485 g/mol. The molecule has 7 nitrogen and oxygen atoms in total. The molecule has 4 rings (SSSR count). The highest BCUT2D eigenvalue weighted by Crippen LogP contribution is 2.33. The first-order valence-corrected chi connectivity index (χ1v) is 11.5. The van der Waals surface area contributed by atoms with Gasteiger partial charge in [0.1, 0.15) is 6.04 Å². The van der Waals surface area contributed by atoms with E-state index in [0.717, 1.165) is 12.1 Å². The third-order valence-electron chi connectivity index (χ3n) is 5.96. The zero-order valence-electron chi connectivity index (χ0n) is 18.9. The van der Waals surface area contributed by atoms with E-state index in [2.05, 4.69) is 10.3 Å². The van der Waals surface area contributed by atoms with Crippen molar-refractivity contribution >= 4 is 35.1 Å². The molecule has 1 fully saturated rings. The lowest BCUT2D eigenvalue weighted by atomic mass is 9.91. The Hall–Kier alpha value is -3.27. The molecule has 2 unspecified atom stereocenters. The third-order valence-corrected chi connectivity index (χ3v) is 6.22. The maximum absolute atomic E-state index is 13.1. The number of hydrogen-bond donors (Lipinski definition) is 1. The summed E-state index contributed by atoms with van der Waals surface area (Å²) in [4.78, 5) is 33.9. The number of benzene rings is 2. The summed E-state index contributed by atoms with van der Waals surface area (Å²) >= 11 is 6.00. The molecule has 1 saturated heterocycles. The van der Waals surface area contributed by atoms with E-state index in [9.17, 15) is 22.8 Å². The molecule has 0 radical (unpaired) electrons. The number of piperazine rings is 1. The predicted molar refractivity (Wildman–Crippen MR) is 125 cm³/mol. The third kappa shape index (κ3) is 5.53. The number of rotatable bonds is 4. The summed E-state index contributed by atoms with van der Waals surface area (Å²) in [6.07, 6.45) is -4.41. The highest BCUT2D eigenvalue weighted by molar-refractivity contribution is 6.30. The van der Waals surface area contributed by atoms with Crippen LogP contribution >= 0.6 is 11.6 Å². The quantitative estimate of drug-likeness (QED) is 0.501. The SMILES string of the molecule is CCOC(=O)C1C(=O)NC(N2CCN(c3cccc(C(F)(F)F)c3)CC2)=NC1c1ccc(Cl)cc1. The van der Waals surface area contributed by atoms with Crippen molar-refractivity contribution in [1.82, 2.24) is 10.2 Å². The van der Waals surface area contributed by atoms with Gasteiger partial charge in [-0.05, 0) is 42.8 Å². The molecule has 2 aliphatic rings. The first kappa shape index (κ1) is 24.8. The number of anilines is 1. The van der Waals surface area contributed by atoms with Gasteiger partial charge in [0.2, 0.25) is 11.9 Å². The van der Waals surface area contributed by atoms with Crippen LogP contribution in [0.2, 0.25) is 5.02 Å². The monoisotopic (exact) mass is 508 g/mol. The van der Waals surface area contributed by atoms with Crippen LogP contribution in [0.5, 0.6) is 0 Å². The Morgan fingerprint density at radius 1 is 1.11 bits per heavy atom. The average Bonchev–Trinajstić information content (AvgIpc) is 2.84. The van der Waals surface area contributed by atoms with Crippen LogP contribution < -0.4 is 10.2 Å². The molecule has 0 aromatic heterocycles. The van der Waals surface area contributed by atoms with Crippen LogP contribution in [0.15, 0.2) is 53.5 Å². The minimum absolute atomic E-state index is 0.129. The lowest BCUT2D eigenvalue weighted by Crippen LogP contribution is -2.57. The molecule has 0 aliphatic carbocycles. The lowest BCUT2D eigenvalue weighted by molar-refractivity contribution is -0.153.